The van der Waals surface area contributed by atoms with Gasteiger partial charge >= 0.3 is 6.03 Å². The van der Waals surface area contributed by atoms with Gasteiger partial charge in [0.2, 0.25) is 0 Å². The van der Waals surface area contributed by atoms with Crippen molar-refractivity contribution in [2.45, 2.75) is 39.2 Å². The zero-order valence-electron chi connectivity index (χ0n) is 14.5. The Morgan fingerprint density at radius 3 is 2.41 bits per heavy atom. The maximum absolute atomic E-state index is 12.3. The fourth-order valence-corrected chi connectivity index (χ4v) is 2.16. The first-order chi connectivity index (χ1) is 10.4. The number of rotatable bonds is 7. The van der Waals surface area contributed by atoms with Gasteiger partial charge in [-0.15, -0.1) is 0 Å². The summed E-state index contributed by atoms with van der Waals surface area (Å²) in [4.78, 5) is 14.0. The van der Waals surface area contributed by atoms with Gasteiger partial charge in [-0.25, -0.2) is 4.79 Å². The largest absolute Gasteiger partial charge is 0.493 e. The van der Waals surface area contributed by atoms with E-state index in [9.17, 15) is 4.79 Å². The number of amides is 2. The first-order valence-corrected chi connectivity index (χ1v) is 7.61. The zero-order chi connectivity index (χ0) is 16.8. The third-order valence-corrected chi connectivity index (χ3v) is 3.72. The smallest absolute Gasteiger partial charge is 0.317 e. The normalized spacial score (nSPS) is 11.0. The van der Waals surface area contributed by atoms with Crippen molar-refractivity contribution < 1.29 is 14.3 Å². The quantitative estimate of drug-likeness (QED) is 0.840. The highest BCUT2D eigenvalue weighted by molar-refractivity contribution is 5.75. The average molecular weight is 308 g/mol. The predicted molar refractivity (Wildman–Crippen MR) is 88.6 cm³/mol. The van der Waals surface area contributed by atoms with Crippen LogP contribution in [-0.4, -0.2) is 38.7 Å². The molecule has 0 aliphatic heterocycles. The van der Waals surface area contributed by atoms with E-state index in [0.29, 0.717) is 11.5 Å². The monoisotopic (exact) mass is 308 g/mol. The van der Waals surface area contributed by atoms with Gasteiger partial charge in [-0.05, 0) is 38.0 Å². The second kappa shape index (κ2) is 7.92. The standard InChI is InChI=1S/C17H28N2O3/c1-7-8-11-19(4)16(20)18-17(2,3)13-9-10-14(21-5)15(12-13)22-6/h9-10,12H,7-8,11H2,1-6H3,(H,18,20). The summed E-state index contributed by atoms with van der Waals surface area (Å²) in [5.41, 5.74) is 0.458. The van der Waals surface area contributed by atoms with Crippen molar-refractivity contribution in [2.24, 2.45) is 0 Å². The zero-order valence-corrected chi connectivity index (χ0v) is 14.5. The maximum atomic E-state index is 12.3. The number of nitrogens with zero attached hydrogens (tertiary/aromatic N) is 1. The molecule has 0 atom stereocenters. The number of ether oxygens (including phenoxy) is 2. The van der Waals surface area contributed by atoms with E-state index in [0.717, 1.165) is 24.9 Å². The lowest BCUT2D eigenvalue weighted by Gasteiger charge is -2.30. The maximum Gasteiger partial charge on any atom is 0.317 e. The van der Waals surface area contributed by atoms with E-state index in [1.807, 2.05) is 39.1 Å². The van der Waals surface area contributed by atoms with E-state index in [1.54, 1.807) is 19.1 Å². The van der Waals surface area contributed by atoms with Crippen LogP contribution in [0, 0.1) is 0 Å². The van der Waals surface area contributed by atoms with E-state index in [2.05, 4.69) is 12.2 Å². The molecule has 0 bridgehead atoms. The van der Waals surface area contributed by atoms with Crippen LogP contribution in [-0.2, 0) is 5.54 Å². The molecule has 5 heteroatoms. The van der Waals surface area contributed by atoms with Crippen LogP contribution in [0.2, 0.25) is 0 Å². The molecule has 0 saturated heterocycles. The van der Waals surface area contributed by atoms with Crippen molar-refractivity contribution >= 4 is 6.03 Å². The molecule has 0 radical (unpaired) electrons. The van der Waals surface area contributed by atoms with Gasteiger partial charge in [-0.2, -0.15) is 0 Å². The summed E-state index contributed by atoms with van der Waals surface area (Å²) in [5.74, 6) is 1.33. The second-order valence-electron chi connectivity index (χ2n) is 5.90. The molecule has 124 valence electrons. The number of hydrogen-bond acceptors (Lipinski definition) is 3. The lowest BCUT2D eigenvalue weighted by molar-refractivity contribution is 0.196. The summed E-state index contributed by atoms with van der Waals surface area (Å²) in [6.07, 6.45) is 2.07. The lowest BCUT2D eigenvalue weighted by atomic mass is 9.94. The molecule has 5 nitrogen and oxygen atoms in total. The van der Waals surface area contributed by atoms with Gasteiger partial charge in [-0.3, -0.25) is 0 Å². The Bertz CT molecular complexity index is 501. The topological polar surface area (TPSA) is 50.8 Å². The number of urea groups is 1. The summed E-state index contributed by atoms with van der Waals surface area (Å²) in [6, 6.07) is 5.61. The minimum absolute atomic E-state index is 0.0757. The molecule has 1 N–H and O–H groups in total. The van der Waals surface area contributed by atoms with Gasteiger partial charge in [0.1, 0.15) is 0 Å². The van der Waals surface area contributed by atoms with Crippen LogP contribution in [0.25, 0.3) is 0 Å². The molecule has 1 rings (SSSR count). The van der Waals surface area contributed by atoms with E-state index < -0.39 is 5.54 Å². The van der Waals surface area contributed by atoms with Gasteiger partial charge in [-0.1, -0.05) is 19.4 Å². The third kappa shape index (κ3) is 4.55. The second-order valence-corrected chi connectivity index (χ2v) is 5.90. The first-order valence-electron chi connectivity index (χ1n) is 7.61. The Labute approximate surface area is 133 Å². The Balaban J connectivity index is 2.87. The lowest BCUT2D eigenvalue weighted by Crippen LogP contribution is -2.47. The molecule has 0 aromatic heterocycles. The highest BCUT2D eigenvalue weighted by Gasteiger charge is 2.25. The SMILES string of the molecule is CCCCN(C)C(=O)NC(C)(C)c1ccc(OC)c(OC)c1. The molecule has 2 amide bonds. The highest BCUT2D eigenvalue weighted by atomic mass is 16.5. The van der Waals surface area contributed by atoms with Crippen LogP contribution in [0.4, 0.5) is 4.79 Å². The number of carbonyl (C=O) groups is 1. The first kappa shape index (κ1) is 18.1. The molecular weight excluding hydrogens is 280 g/mol. The van der Waals surface area contributed by atoms with E-state index in [4.69, 9.17) is 9.47 Å². The predicted octanol–water partition coefficient (Wildman–Crippen LogP) is 3.38. The highest BCUT2D eigenvalue weighted by Crippen LogP contribution is 2.32. The van der Waals surface area contributed by atoms with Gasteiger partial charge in [0.05, 0.1) is 19.8 Å². The van der Waals surface area contributed by atoms with Gasteiger partial charge in [0, 0.05) is 13.6 Å². The molecule has 0 aliphatic carbocycles. The fourth-order valence-electron chi connectivity index (χ4n) is 2.16. The molecule has 0 heterocycles. The fraction of sp³-hybridized carbons (Fsp3) is 0.588. The number of nitrogens with one attached hydrogen (secondary N) is 1. The van der Waals surface area contributed by atoms with Crippen LogP contribution in [0.15, 0.2) is 18.2 Å². The summed E-state index contributed by atoms with van der Waals surface area (Å²) in [7, 11) is 5.02. The summed E-state index contributed by atoms with van der Waals surface area (Å²) in [6.45, 7) is 6.81. The Morgan fingerprint density at radius 2 is 1.86 bits per heavy atom. The molecule has 1 aromatic rings. The van der Waals surface area contributed by atoms with Crippen LogP contribution in [0.3, 0.4) is 0 Å². The van der Waals surface area contributed by atoms with Crippen molar-refractivity contribution in [3.8, 4) is 11.5 Å². The third-order valence-electron chi connectivity index (χ3n) is 3.72. The van der Waals surface area contributed by atoms with Crippen molar-refractivity contribution in [3.63, 3.8) is 0 Å². The van der Waals surface area contributed by atoms with Gasteiger partial charge in [0.25, 0.3) is 0 Å². The molecule has 22 heavy (non-hydrogen) atoms. The van der Waals surface area contributed by atoms with Gasteiger partial charge in [0.15, 0.2) is 11.5 Å². The molecule has 0 saturated carbocycles. The minimum atomic E-state index is -0.503. The van der Waals surface area contributed by atoms with Crippen molar-refractivity contribution in [1.82, 2.24) is 10.2 Å². The molecule has 0 fully saturated rings. The van der Waals surface area contributed by atoms with Crippen molar-refractivity contribution in [1.29, 1.82) is 0 Å². The molecule has 1 aromatic carbocycles. The molecule has 0 spiro atoms. The number of methoxy groups -OCH3 is 2. The summed E-state index contributed by atoms with van der Waals surface area (Å²) < 4.78 is 10.6. The van der Waals surface area contributed by atoms with Crippen molar-refractivity contribution in [2.75, 3.05) is 27.8 Å². The van der Waals surface area contributed by atoms with E-state index in [1.165, 1.54) is 0 Å². The van der Waals surface area contributed by atoms with Crippen LogP contribution in [0.1, 0.15) is 39.2 Å². The average Bonchev–Trinajstić information content (AvgIpc) is 2.51. The van der Waals surface area contributed by atoms with E-state index in [-0.39, 0.29) is 6.03 Å². The number of benzene rings is 1. The Hall–Kier alpha value is -1.91. The van der Waals surface area contributed by atoms with Crippen LogP contribution < -0.4 is 14.8 Å². The summed E-state index contributed by atoms with van der Waals surface area (Å²) >= 11 is 0. The van der Waals surface area contributed by atoms with Crippen molar-refractivity contribution in [3.05, 3.63) is 23.8 Å². The number of unbranched alkanes of at least 4 members (excludes halogenated alkanes) is 1. The Morgan fingerprint density at radius 1 is 1.23 bits per heavy atom. The van der Waals surface area contributed by atoms with E-state index >= 15 is 0 Å². The summed E-state index contributed by atoms with van der Waals surface area (Å²) in [5, 5.41) is 3.06. The van der Waals surface area contributed by atoms with Gasteiger partial charge < -0.3 is 19.7 Å². The molecule has 0 aliphatic rings. The Kier molecular flexibility index (Phi) is 6.53. The minimum Gasteiger partial charge on any atom is -0.493 e. The number of carbonyl (C=O) groups excluding carboxylic acids is 1. The van der Waals surface area contributed by atoms with Crippen LogP contribution >= 0.6 is 0 Å². The molecular formula is C17H28N2O3. The number of hydrogen-bond donors (Lipinski definition) is 1. The molecule has 0 unspecified atom stereocenters. The van der Waals surface area contributed by atoms with Crippen LogP contribution in [0.5, 0.6) is 11.5 Å².